The molecule has 1 aromatic heterocycles. The summed E-state index contributed by atoms with van der Waals surface area (Å²) in [6, 6.07) is 8.36. The lowest BCUT2D eigenvalue weighted by Crippen LogP contribution is -2.17. The number of aromatic nitrogens is 3. The van der Waals surface area contributed by atoms with Crippen LogP contribution in [0.5, 0.6) is 0 Å². The van der Waals surface area contributed by atoms with Gasteiger partial charge in [0, 0.05) is 23.6 Å². The van der Waals surface area contributed by atoms with Crippen molar-refractivity contribution in [2.75, 3.05) is 5.75 Å². The third-order valence-corrected chi connectivity index (χ3v) is 4.17. The van der Waals surface area contributed by atoms with E-state index in [1.165, 1.54) is 10.5 Å². The van der Waals surface area contributed by atoms with Crippen LogP contribution in [0.4, 0.5) is 0 Å². The van der Waals surface area contributed by atoms with E-state index >= 15 is 0 Å². The van der Waals surface area contributed by atoms with Gasteiger partial charge in [0.25, 0.3) is 0 Å². The van der Waals surface area contributed by atoms with Gasteiger partial charge >= 0.3 is 0 Å². The molecule has 0 bridgehead atoms. The fourth-order valence-electron chi connectivity index (χ4n) is 1.94. The predicted molar refractivity (Wildman–Crippen MR) is 81.9 cm³/mol. The van der Waals surface area contributed by atoms with Crippen molar-refractivity contribution in [1.29, 1.82) is 0 Å². The Labute approximate surface area is 124 Å². The molecule has 2 rings (SSSR count). The average Bonchev–Trinajstić information content (AvgIpc) is 2.86. The molecule has 2 aromatic rings. The maximum atomic E-state index is 10.1. The highest BCUT2D eigenvalue weighted by Crippen LogP contribution is 2.20. The second kappa shape index (κ2) is 7.45. The zero-order valence-electron chi connectivity index (χ0n) is 12.0. The average molecular weight is 291 g/mol. The molecule has 0 aliphatic rings. The van der Waals surface area contributed by atoms with Crippen LogP contribution in [0.2, 0.25) is 0 Å². The Hall–Kier alpha value is -1.33. The van der Waals surface area contributed by atoms with Gasteiger partial charge in [-0.25, -0.2) is 4.98 Å². The summed E-state index contributed by atoms with van der Waals surface area (Å²) in [5.74, 6) is 1.53. The van der Waals surface area contributed by atoms with Crippen molar-refractivity contribution >= 4 is 11.8 Å². The van der Waals surface area contributed by atoms with Crippen LogP contribution >= 0.6 is 11.8 Å². The molecule has 0 saturated heterocycles. The second-order valence-electron chi connectivity index (χ2n) is 4.88. The van der Waals surface area contributed by atoms with Crippen LogP contribution < -0.4 is 0 Å². The molecule has 4 nitrogen and oxygen atoms in total. The molecular weight excluding hydrogens is 270 g/mol. The molecule has 0 fully saturated rings. The second-order valence-corrected chi connectivity index (χ2v) is 5.97. The van der Waals surface area contributed by atoms with E-state index in [1.54, 1.807) is 18.1 Å². The number of aryl methyl sites for hydroxylation is 2. The third kappa shape index (κ3) is 4.35. The molecule has 0 aliphatic carbocycles. The van der Waals surface area contributed by atoms with E-state index < -0.39 is 6.10 Å². The quantitative estimate of drug-likeness (QED) is 0.797. The Bertz CT molecular complexity index is 524. The summed E-state index contributed by atoms with van der Waals surface area (Å²) >= 11 is 1.67. The van der Waals surface area contributed by atoms with Gasteiger partial charge in [-0.1, -0.05) is 24.6 Å². The molecule has 1 heterocycles. The van der Waals surface area contributed by atoms with Gasteiger partial charge in [0.2, 0.25) is 0 Å². The van der Waals surface area contributed by atoms with Crippen molar-refractivity contribution in [3.05, 3.63) is 42.0 Å². The Balaban J connectivity index is 1.84. The minimum Gasteiger partial charge on any atom is -0.392 e. The summed E-state index contributed by atoms with van der Waals surface area (Å²) in [6.45, 7) is 5.03. The first kappa shape index (κ1) is 15.1. The van der Waals surface area contributed by atoms with Gasteiger partial charge in [0.15, 0.2) is 0 Å². The van der Waals surface area contributed by atoms with E-state index in [9.17, 15) is 5.11 Å². The molecule has 20 heavy (non-hydrogen) atoms. The summed E-state index contributed by atoms with van der Waals surface area (Å²) in [7, 11) is 0. The number of hydrogen-bond acceptors (Lipinski definition) is 4. The Morgan fingerprint density at radius 1 is 1.30 bits per heavy atom. The van der Waals surface area contributed by atoms with E-state index in [4.69, 9.17) is 0 Å². The van der Waals surface area contributed by atoms with Crippen molar-refractivity contribution in [1.82, 2.24) is 14.8 Å². The number of thioether (sulfide) groups is 1. The first-order valence-electron chi connectivity index (χ1n) is 6.93. The predicted octanol–water partition coefficient (Wildman–Crippen LogP) is 2.69. The minimum absolute atomic E-state index is 0.402. The maximum Gasteiger partial charge on any atom is 0.138 e. The van der Waals surface area contributed by atoms with Crippen LogP contribution in [0.1, 0.15) is 24.7 Å². The molecule has 0 spiro atoms. The Morgan fingerprint density at radius 3 is 2.75 bits per heavy atom. The van der Waals surface area contributed by atoms with E-state index in [0.717, 1.165) is 18.8 Å². The number of aliphatic hydroxyl groups excluding tert-OH is 1. The highest BCUT2D eigenvalue weighted by molar-refractivity contribution is 7.99. The van der Waals surface area contributed by atoms with Crippen molar-refractivity contribution in [2.24, 2.45) is 0 Å². The zero-order valence-corrected chi connectivity index (χ0v) is 12.8. The Morgan fingerprint density at radius 2 is 2.05 bits per heavy atom. The van der Waals surface area contributed by atoms with Gasteiger partial charge in [-0.3, -0.25) is 4.68 Å². The minimum atomic E-state index is -0.402. The van der Waals surface area contributed by atoms with Crippen molar-refractivity contribution in [3.63, 3.8) is 0 Å². The van der Waals surface area contributed by atoms with Crippen LogP contribution in [0.3, 0.4) is 0 Å². The van der Waals surface area contributed by atoms with Crippen molar-refractivity contribution in [3.8, 4) is 0 Å². The first-order valence-corrected chi connectivity index (χ1v) is 7.91. The van der Waals surface area contributed by atoms with Crippen LogP contribution in [0.15, 0.2) is 35.5 Å². The van der Waals surface area contributed by atoms with Crippen LogP contribution in [0.25, 0.3) is 0 Å². The van der Waals surface area contributed by atoms with Gasteiger partial charge in [-0.2, -0.15) is 5.10 Å². The van der Waals surface area contributed by atoms with Crippen LogP contribution in [-0.2, 0) is 13.0 Å². The molecule has 0 aliphatic heterocycles. The molecule has 5 heteroatoms. The molecule has 1 unspecified atom stereocenters. The number of rotatable bonds is 7. The summed E-state index contributed by atoms with van der Waals surface area (Å²) in [4.78, 5) is 5.41. The fourth-order valence-corrected chi connectivity index (χ4v) is 2.77. The summed E-state index contributed by atoms with van der Waals surface area (Å²) in [5.41, 5.74) is 1.25. The van der Waals surface area contributed by atoms with Crippen molar-refractivity contribution in [2.45, 2.75) is 44.2 Å². The standard InChI is InChI=1S/C15H21N3OS/c1-3-8-18-15(16-11-17-18)9-13(19)10-20-14-6-4-12(2)5-7-14/h4-7,11,13,19H,3,8-10H2,1-2H3. The van der Waals surface area contributed by atoms with Crippen LogP contribution in [0, 0.1) is 6.92 Å². The molecule has 108 valence electrons. The molecule has 0 amide bonds. The van der Waals surface area contributed by atoms with Gasteiger partial charge in [-0.05, 0) is 25.5 Å². The fraction of sp³-hybridized carbons (Fsp3) is 0.467. The smallest absolute Gasteiger partial charge is 0.138 e. The molecule has 0 radical (unpaired) electrons. The van der Waals surface area contributed by atoms with E-state index in [0.29, 0.717) is 12.2 Å². The lowest BCUT2D eigenvalue weighted by molar-refractivity contribution is 0.195. The van der Waals surface area contributed by atoms with Gasteiger partial charge in [0.1, 0.15) is 12.2 Å². The maximum absolute atomic E-state index is 10.1. The van der Waals surface area contributed by atoms with E-state index in [2.05, 4.69) is 48.2 Å². The van der Waals surface area contributed by atoms with E-state index in [-0.39, 0.29) is 0 Å². The third-order valence-electron chi connectivity index (χ3n) is 3.01. The number of aliphatic hydroxyl groups is 1. The summed E-state index contributed by atoms with van der Waals surface area (Å²) in [5, 5.41) is 14.3. The lowest BCUT2D eigenvalue weighted by Gasteiger charge is -2.11. The van der Waals surface area contributed by atoms with Crippen molar-refractivity contribution < 1.29 is 5.11 Å². The van der Waals surface area contributed by atoms with Crippen LogP contribution in [-0.4, -0.2) is 31.7 Å². The number of nitrogens with zero attached hydrogens (tertiary/aromatic N) is 3. The Kier molecular flexibility index (Phi) is 5.61. The molecule has 1 aromatic carbocycles. The first-order chi connectivity index (χ1) is 9.69. The topological polar surface area (TPSA) is 50.9 Å². The monoisotopic (exact) mass is 291 g/mol. The lowest BCUT2D eigenvalue weighted by atomic mass is 10.2. The molecule has 0 saturated carbocycles. The highest BCUT2D eigenvalue weighted by atomic mass is 32.2. The van der Waals surface area contributed by atoms with Gasteiger partial charge in [-0.15, -0.1) is 11.8 Å². The highest BCUT2D eigenvalue weighted by Gasteiger charge is 2.11. The SMILES string of the molecule is CCCn1ncnc1CC(O)CSc1ccc(C)cc1. The summed E-state index contributed by atoms with van der Waals surface area (Å²) in [6.07, 6.45) is 2.73. The number of hydrogen-bond donors (Lipinski definition) is 1. The largest absolute Gasteiger partial charge is 0.392 e. The normalized spacial score (nSPS) is 12.6. The zero-order chi connectivity index (χ0) is 14.4. The van der Waals surface area contributed by atoms with Gasteiger partial charge in [0.05, 0.1) is 6.10 Å². The van der Waals surface area contributed by atoms with E-state index in [1.807, 2.05) is 4.68 Å². The summed E-state index contributed by atoms with van der Waals surface area (Å²) < 4.78 is 1.87. The molecule has 1 atom stereocenters. The molecular formula is C15H21N3OS. The van der Waals surface area contributed by atoms with Gasteiger partial charge < -0.3 is 5.11 Å². The number of benzene rings is 1. The molecule has 1 N–H and O–H groups in total.